The first-order valence-corrected chi connectivity index (χ1v) is 10.9. The number of carbonyl (C=O) groups is 2. The quantitative estimate of drug-likeness (QED) is 0.370. The lowest BCUT2D eigenvalue weighted by molar-refractivity contribution is -0.156. The van der Waals surface area contributed by atoms with Gasteiger partial charge in [-0.2, -0.15) is 5.06 Å². The molecular weight excluding hydrogens is 466 g/mol. The van der Waals surface area contributed by atoms with Crippen molar-refractivity contribution in [3.05, 3.63) is 23.8 Å². The number of cyclic esters (lactones) is 1. The number of hydrogen-bond donors (Lipinski definition) is 1. The van der Waals surface area contributed by atoms with E-state index < -0.39 is 42.5 Å². The zero-order valence-electron chi connectivity index (χ0n) is 18.4. The van der Waals surface area contributed by atoms with Gasteiger partial charge >= 0.3 is 6.09 Å². The second kappa shape index (κ2) is 12.3. The number of carbonyl (C=O) groups excluding carboxylic acids is 2. The number of hydroxylamine groups is 2. The number of Topliss-reactive ketones (excluding diaryl/α,β-unsaturated/α-hetero) is 1. The molecule has 0 spiro atoms. The molecule has 9 nitrogen and oxygen atoms in total. The number of ketones is 1. The molecule has 2 aliphatic heterocycles. The van der Waals surface area contributed by atoms with E-state index in [0.29, 0.717) is 19.7 Å². The Balaban J connectivity index is 1.61. The average Bonchev–Trinajstić information content (AvgIpc) is 3.01. The van der Waals surface area contributed by atoms with Crippen molar-refractivity contribution in [1.29, 1.82) is 0 Å². The summed E-state index contributed by atoms with van der Waals surface area (Å²) in [6, 6.07) is 2.03. The predicted molar refractivity (Wildman–Crippen MR) is 112 cm³/mol. The van der Waals surface area contributed by atoms with Crippen molar-refractivity contribution >= 4 is 23.3 Å². The number of rotatable bonds is 11. The highest BCUT2D eigenvalue weighted by atomic mass is 19.3. The molecule has 1 aromatic carbocycles. The van der Waals surface area contributed by atoms with Crippen LogP contribution < -0.4 is 9.80 Å². The van der Waals surface area contributed by atoms with Gasteiger partial charge in [0.25, 0.3) is 6.43 Å². The summed E-state index contributed by atoms with van der Waals surface area (Å²) in [7, 11) is 0. The van der Waals surface area contributed by atoms with Crippen LogP contribution in [0, 0.1) is 11.6 Å². The Morgan fingerprint density at radius 2 is 1.91 bits per heavy atom. The molecule has 3 rings (SSSR count). The van der Waals surface area contributed by atoms with E-state index in [2.05, 4.69) is 0 Å². The van der Waals surface area contributed by atoms with Crippen molar-refractivity contribution in [3.63, 3.8) is 0 Å². The van der Waals surface area contributed by atoms with Crippen molar-refractivity contribution in [3.8, 4) is 0 Å². The minimum atomic E-state index is -3.10. The number of aliphatic hydroxyl groups excluding tert-OH is 1. The van der Waals surface area contributed by atoms with Gasteiger partial charge in [-0.15, -0.1) is 0 Å². The Morgan fingerprint density at radius 1 is 1.18 bits per heavy atom. The van der Waals surface area contributed by atoms with Crippen molar-refractivity contribution in [2.45, 2.75) is 25.4 Å². The van der Waals surface area contributed by atoms with Gasteiger partial charge in [-0.05, 0) is 6.42 Å². The number of hydrogen-bond acceptors (Lipinski definition) is 8. The first-order chi connectivity index (χ1) is 16.3. The zero-order valence-corrected chi connectivity index (χ0v) is 18.4. The largest absolute Gasteiger partial charge is 0.444 e. The normalized spacial score (nSPS) is 19.6. The highest BCUT2D eigenvalue weighted by molar-refractivity contribution is 5.90. The van der Waals surface area contributed by atoms with Crippen LogP contribution in [0.15, 0.2) is 12.1 Å². The summed E-state index contributed by atoms with van der Waals surface area (Å²) in [5.74, 6) is -3.01. The second-order valence-electron chi connectivity index (χ2n) is 7.77. The standard InChI is InChI=1S/C21H27F4N3O6/c22-16-11-14(28-13-15(34-21(28)31)1-2-18(30)20(24)25)12-17(23)19(16)26-3-4-27(33-9-5-26)6-8-32-10-7-29/h11-12,15,20,29H,1-10,13H2/t15-/m0/s1. The Labute approximate surface area is 193 Å². The first kappa shape index (κ1) is 26.1. The van der Waals surface area contributed by atoms with E-state index in [0.717, 1.165) is 17.0 Å². The molecule has 1 atom stereocenters. The van der Waals surface area contributed by atoms with Gasteiger partial charge < -0.3 is 19.5 Å². The maximum Gasteiger partial charge on any atom is 0.414 e. The molecule has 190 valence electrons. The van der Waals surface area contributed by atoms with Gasteiger partial charge in [-0.3, -0.25) is 14.5 Å². The summed E-state index contributed by atoms with van der Waals surface area (Å²) in [6.45, 7) is 1.84. The Morgan fingerprint density at radius 3 is 2.59 bits per heavy atom. The predicted octanol–water partition coefficient (Wildman–Crippen LogP) is 1.97. The first-order valence-electron chi connectivity index (χ1n) is 10.9. The minimum absolute atomic E-state index is 0.0693. The summed E-state index contributed by atoms with van der Waals surface area (Å²) in [5, 5.41) is 10.4. The molecule has 2 fully saturated rings. The topological polar surface area (TPSA) is 91.8 Å². The van der Waals surface area contributed by atoms with Gasteiger partial charge in [0.2, 0.25) is 0 Å². The maximum absolute atomic E-state index is 14.9. The molecule has 2 aliphatic rings. The second-order valence-corrected chi connectivity index (χ2v) is 7.77. The molecule has 2 saturated heterocycles. The van der Waals surface area contributed by atoms with Gasteiger partial charge in [0.1, 0.15) is 11.8 Å². The third-order valence-electron chi connectivity index (χ3n) is 5.43. The van der Waals surface area contributed by atoms with E-state index in [1.54, 1.807) is 5.06 Å². The van der Waals surface area contributed by atoms with Gasteiger partial charge in [-0.25, -0.2) is 22.4 Å². The molecule has 1 amide bonds. The van der Waals surface area contributed by atoms with E-state index in [9.17, 15) is 27.2 Å². The van der Waals surface area contributed by atoms with Crippen LogP contribution in [0.1, 0.15) is 12.8 Å². The van der Waals surface area contributed by atoms with Gasteiger partial charge in [0.05, 0.1) is 38.7 Å². The molecule has 2 heterocycles. The third-order valence-corrected chi connectivity index (χ3v) is 5.43. The van der Waals surface area contributed by atoms with Crippen LogP contribution in [0.3, 0.4) is 0 Å². The minimum Gasteiger partial charge on any atom is -0.444 e. The Hall–Kier alpha value is -2.48. The fourth-order valence-corrected chi connectivity index (χ4v) is 3.73. The number of ether oxygens (including phenoxy) is 2. The summed E-state index contributed by atoms with van der Waals surface area (Å²) < 4.78 is 64.8. The lowest BCUT2D eigenvalue weighted by atomic mass is 10.1. The van der Waals surface area contributed by atoms with Crippen molar-refractivity contribution in [2.75, 3.05) is 69.0 Å². The molecule has 0 bridgehead atoms. The smallest absolute Gasteiger partial charge is 0.414 e. The lowest BCUT2D eigenvalue weighted by Crippen LogP contribution is -2.33. The van der Waals surface area contributed by atoms with Crippen LogP contribution in [0.4, 0.5) is 33.7 Å². The molecule has 0 radical (unpaired) electrons. The van der Waals surface area contributed by atoms with Gasteiger partial charge in [0, 0.05) is 44.7 Å². The zero-order chi connectivity index (χ0) is 24.7. The monoisotopic (exact) mass is 493 g/mol. The van der Waals surface area contributed by atoms with E-state index >= 15 is 0 Å². The fraction of sp³-hybridized carbons (Fsp3) is 0.619. The number of alkyl halides is 2. The fourth-order valence-electron chi connectivity index (χ4n) is 3.73. The van der Waals surface area contributed by atoms with Crippen LogP contribution in [0.2, 0.25) is 0 Å². The van der Waals surface area contributed by atoms with Crippen LogP contribution >= 0.6 is 0 Å². The number of amides is 1. The van der Waals surface area contributed by atoms with Crippen molar-refractivity contribution < 1.29 is 46.6 Å². The summed E-state index contributed by atoms with van der Waals surface area (Å²) >= 11 is 0. The summed E-state index contributed by atoms with van der Waals surface area (Å²) in [6.07, 6.45) is -5.38. The molecule has 0 unspecified atom stereocenters. The van der Waals surface area contributed by atoms with E-state index in [-0.39, 0.29) is 57.3 Å². The Kier molecular flexibility index (Phi) is 9.45. The average molecular weight is 493 g/mol. The molecule has 0 aromatic heterocycles. The molecular formula is C21H27F4N3O6. The molecule has 13 heteroatoms. The molecule has 34 heavy (non-hydrogen) atoms. The molecule has 0 saturated carbocycles. The summed E-state index contributed by atoms with van der Waals surface area (Å²) in [5.41, 5.74) is -0.322. The van der Waals surface area contributed by atoms with Crippen molar-refractivity contribution in [2.24, 2.45) is 0 Å². The number of halogens is 4. The van der Waals surface area contributed by atoms with E-state index in [1.807, 2.05) is 0 Å². The van der Waals surface area contributed by atoms with Crippen LogP contribution in [0.25, 0.3) is 0 Å². The SMILES string of the molecule is O=C(CC[C@H]1CN(c2cc(F)c(N3CCON(CCOCCO)CC3)c(F)c2)C(=O)O1)C(F)F. The Bertz CT molecular complexity index is 839. The number of anilines is 2. The number of benzene rings is 1. The highest BCUT2D eigenvalue weighted by Crippen LogP contribution is 2.32. The summed E-state index contributed by atoms with van der Waals surface area (Å²) in [4.78, 5) is 31.3. The number of aliphatic hydroxyl groups is 1. The van der Waals surface area contributed by atoms with Gasteiger partial charge in [0.15, 0.2) is 17.4 Å². The molecule has 0 aliphatic carbocycles. The van der Waals surface area contributed by atoms with Crippen LogP contribution in [-0.2, 0) is 19.1 Å². The molecule has 1 N–H and O–H groups in total. The van der Waals surface area contributed by atoms with Crippen LogP contribution in [-0.4, -0.2) is 93.7 Å². The van der Waals surface area contributed by atoms with E-state index in [4.69, 9.17) is 19.4 Å². The van der Waals surface area contributed by atoms with E-state index in [1.165, 1.54) is 4.90 Å². The number of nitrogens with zero attached hydrogens (tertiary/aromatic N) is 3. The molecule has 1 aromatic rings. The highest BCUT2D eigenvalue weighted by Gasteiger charge is 2.34. The van der Waals surface area contributed by atoms with Gasteiger partial charge in [-0.1, -0.05) is 0 Å². The van der Waals surface area contributed by atoms with Crippen molar-refractivity contribution in [1.82, 2.24) is 5.06 Å². The third kappa shape index (κ3) is 6.78. The maximum atomic E-state index is 14.9. The van der Waals surface area contributed by atoms with Crippen LogP contribution in [0.5, 0.6) is 0 Å². The lowest BCUT2D eigenvalue weighted by Gasteiger charge is -2.24.